The van der Waals surface area contributed by atoms with Gasteiger partial charge < -0.3 is 15.5 Å². The highest BCUT2D eigenvalue weighted by molar-refractivity contribution is 5.85. The van der Waals surface area contributed by atoms with E-state index in [1.807, 2.05) is 4.90 Å². The zero-order valence-electron chi connectivity index (χ0n) is 15.6. The summed E-state index contributed by atoms with van der Waals surface area (Å²) < 4.78 is 0. The van der Waals surface area contributed by atoms with Crippen molar-refractivity contribution in [3.05, 3.63) is 0 Å². The van der Waals surface area contributed by atoms with Crippen LogP contribution in [0.15, 0.2) is 0 Å². The van der Waals surface area contributed by atoms with E-state index in [1.54, 1.807) is 19.0 Å². The normalized spacial score (nSPS) is 24.4. The minimum Gasteiger partial charge on any atom is -0.348 e. The molecule has 0 saturated carbocycles. The standard InChI is InChI=1S/C16H31N5O2.2ClH/c1-16(12-17)4-5-20(13-16)11-15(23)21-8-6-19(7-9-21)10-14(22)18(2)3;;/h4-13,17H2,1-3H3;2*1H. The van der Waals surface area contributed by atoms with E-state index in [0.29, 0.717) is 32.7 Å². The van der Waals surface area contributed by atoms with Crippen LogP contribution < -0.4 is 5.73 Å². The Hall–Kier alpha value is -0.600. The molecule has 1 atom stereocenters. The maximum Gasteiger partial charge on any atom is 0.236 e. The average molecular weight is 398 g/mol. The van der Waals surface area contributed by atoms with Crippen molar-refractivity contribution in [1.29, 1.82) is 0 Å². The van der Waals surface area contributed by atoms with E-state index in [1.165, 1.54) is 0 Å². The molecular weight excluding hydrogens is 365 g/mol. The minimum absolute atomic E-state index is 0. The molecule has 2 N–H and O–H groups in total. The van der Waals surface area contributed by atoms with Crippen LogP contribution >= 0.6 is 24.8 Å². The molecule has 7 nitrogen and oxygen atoms in total. The highest BCUT2D eigenvalue weighted by atomic mass is 35.5. The van der Waals surface area contributed by atoms with Crippen LogP contribution in [0.1, 0.15) is 13.3 Å². The molecular formula is C16H33Cl2N5O2. The number of halogens is 2. The molecule has 0 aromatic rings. The lowest BCUT2D eigenvalue weighted by molar-refractivity contribution is -0.135. The molecule has 0 aromatic heterocycles. The summed E-state index contributed by atoms with van der Waals surface area (Å²) >= 11 is 0. The van der Waals surface area contributed by atoms with Crippen molar-refractivity contribution >= 4 is 36.6 Å². The van der Waals surface area contributed by atoms with Crippen LogP contribution in [0.25, 0.3) is 0 Å². The van der Waals surface area contributed by atoms with Crippen LogP contribution in [0, 0.1) is 5.41 Å². The summed E-state index contributed by atoms with van der Waals surface area (Å²) in [5.41, 5.74) is 5.98. The van der Waals surface area contributed by atoms with Crippen LogP contribution in [-0.4, -0.2) is 104 Å². The van der Waals surface area contributed by atoms with Crippen molar-refractivity contribution in [3.8, 4) is 0 Å². The van der Waals surface area contributed by atoms with Gasteiger partial charge in [-0.25, -0.2) is 0 Å². The van der Waals surface area contributed by atoms with E-state index in [9.17, 15) is 9.59 Å². The number of likely N-dealkylation sites (tertiary alicyclic amines) is 1. The van der Waals surface area contributed by atoms with Crippen molar-refractivity contribution in [2.75, 3.05) is 73.0 Å². The third-order valence-corrected chi connectivity index (χ3v) is 5.07. The number of hydrogen-bond acceptors (Lipinski definition) is 5. The first kappa shape index (κ1) is 24.4. The molecule has 2 aliphatic rings. The molecule has 2 saturated heterocycles. The largest absolute Gasteiger partial charge is 0.348 e. The molecule has 0 bridgehead atoms. The fourth-order valence-electron chi connectivity index (χ4n) is 3.21. The van der Waals surface area contributed by atoms with Gasteiger partial charge in [-0.1, -0.05) is 6.92 Å². The van der Waals surface area contributed by atoms with Crippen LogP contribution in [0.3, 0.4) is 0 Å². The number of piperazine rings is 1. The van der Waals surface area contributed by atoms with Gasteiger partial charge in [0.05, 0.1) is 13.1 Å². The van der Waals surface area contributed by atoms with Gasteiger partial charge in [-0.15, -0.1) is 24.8 Å². The van der Waals surface area contributed by atoms with E-state index in [-0.39, 0.29) is 42.0 Å². The number of rotatable bonds is 5. The maximum atomic E-state index is 12.4. The molecule has 0 spiro atoms. The van der Waals surface area contributed by atoms with Crippen molar-refractivity contribution in [2.24, 2.45) is 11.1 Å². The predicted octanol–water partition coefficient (Wildman–Crippen LogP) is -0.267. The monoisotopic (exact) mass is 397 g/mol. The van der Waals surface area contributed by atoms with Gasteiger partial charge >= 0.3 is 0 Å². The number of likely N-dealkylation sites (N-methyl/N-ethyl adjacent to an activating group) is 1. The first-order valence-corrected chi connectivity index (χ1v) is 8.46. The van der Waals surface area contributed by atoms with Gasteiger partial charge in [0.25, 0.3) is 0 Å². The van der Waals surface area contributed by atoms with Crippen LogP contribution in [0.4, 0.5) is 0 Å². The summed E-state index contributed by atoms with van der Waals surface area (Å²) in [7, 11) is 3.54. The molecule has 2 amide bonds. The Morgan fingerprint density at radius 3 is 2.08 bits per heavy atom. The Balaban J connectivity index is 0.00000288. The van der Waals surface area contributed by atoms with Crippen LogP contribution in [0.2, 0.25) is 0 Å². The summed E-state index contributed by atoms with van der Waals surface area (Å²) in [4.78, 5) is 32.1. The average Bonchev–Trinajstić information content (AvgIpc) is 2.89. The lowest BCUT2D eigenvalue weighted by atomic mass is 9.90. The number of carbonyl (C=O) groups is 2. The van der Waals surface area contributed by atoms with Crippen LogP contribution in [-0.2, 0) is 9.59 Å². The van der Waals surface area contributed by atoms with Gasteiger partial charge in [0.2, 0.25) is 11.8 Å². The lowest BCUT2D eigenvalue weighted by Gasteiger charge is -2.35. The lowest BCUT2D eigenvalue weighted by Crippen LogP contribution is -2.52. The van der Waals surface area contributed by atoms with E-state index in [4.69, 9.17) is 5.73 Å². The molecule has 2 aliphatic heterocycles. The van der Waals surface area contributed by atoms with Crippen molar-refractivity contribution < 1.29 is 9.59 Å². The second kappa shape index (κ2) is 10.5. The van der Waals surface area contributed by atoms with Gasteiger partial charge in [0, 0.05) is 46.8 Å². The third-order valence-electron chi connectivity index (χ3n) is 5.07. The van der Waals surface area contributed by atoms with Crippen LogP contribution in [0.5, 0.6) is 0 Å². The highest BCUT2D eigenvalue weighted by Crippen LogP contribution is 2.28. The Morgan fingerprint density at radius 1 is 1.00 bits per heavy atom. The molecule has 0 aromatic carbocycles. The van der Waals surface area contributed by atoms with Crippen molar-refractivity contribution in [1.82, 2.24) is 19.6 Å². The van der Waals surface area contributed by atoms with E-state index in [2.05, 4.69) is 16.7 Å². The van der Waals surface area contributed by atoms with Gasteiger partial charge in [-0.2, -0.15) is 0 Å². The topological polar surface area (TPSA) is 73.1 Å². The zero-order chi connectivity index (χ0) is 17.0. The molecule has 9 heteroatoms. The zero-order valence-corrected chi connectivity index (χ0v) is 17.2. The maximum absolute atomic E-state index is 12.4. The van der Waals surface area contributed by atoms with E-state index in [0.717, 1.165) is 32.6 Å². The number of nitrogens with zero attached hydrogens (tertiary/aromatic N) is 4. The van der Waals surface area contributed by atoms with E-state index < -0.39 is 0 Å². The van der Waals surface area contributed by atoms with Crippen molar-refractivity contribution in [2.45, 2.75) is 13.3 Å². The first-order chi connectivity index (χ1) is 10.8. The molecule has 25 heavy (non-hydrogen) atoms. The summed E-state index contributed by atoms with van der Waals surface area (Å²) in [6, 6.07) is 0. The van der Waals surface area contributed by atoms with Gasteiger partial charge in [0.15, 0.2) is 0 Å². The minimum atomic E-state index is 0. The molecule has 2 rings (SSSR count). The smallest absolute Gasteiger partial charge is 0.236 e. The highest BCUT2D eigenvalue weighted by Gasteiger charge is 2.34. The summed E-state index contributed by atoms with van der Waals surface area (Å²) in [5.74, 6) is 0.313. The SMILES string of the molecule is CN(C)C(=O)CN1CCN(C(=O)CN2CCC(C)(CN)C2)CC1.Cl.Cl. The predicted molar refractivity (Wildman–Crippen MR) is 104 cm³/mol. The molecule has 1 unspecified atom stereocenters. The number of amides is 2. The molecule has 148 valence electrons. The number of carbonyl (C=O) groups excluding carboxylic acids is 2. The van der Waals surface area contributed by atoms with Crippen molar-refractivity contribution in [3.63, 3.8) is 0 Å². The molecule has 0 aliphatic carbocycles. The summed E-state index contributed by atoms with van der Waals surface area (Å²) in [6.07, 6.45) is 1.07. The third kappa shape index (κ3) is 6.90. The summed E-state index contributed by atoms with van der Waals surface area (Å²) in [6.45, 7) is 8.63. The fraction of sp³-hybridized carbons (Fsp3) is 0.875. The molecule has 2 fully saturated rings. The Labute approximate surface area is 163 Å². The Morgan fingerprint density at radius 2 is 1.60 bits per heavy atom. The Kier molecular flexibility index (Phi) is 10.3. The first-order valence-electron chi connectivity index (χ1n) is 8.46. The number of nitrogens with two attached hydrogens (primary N) is 1. The second-order valence-electron chi connectivity index (χ2n) is 7.42. The summed E-state index contributed by atoms with van der Waals surface area (Å²) in [5, 5.41) is 0. The second-order valence-corrected chi connectivity index (χ2v) is 7.42. The Bertz CT molecular complexity index is 444. The van der Waals surface area contributed by atoms with E-state index >= 15 is 0 Å². The van der Waals surface area contributed by atoms with Gasteiger partial charge in [-0.3, -0.25) is 19.4 Å². The molecule has 2 heterocycles. The fourth-order valence-corrected chi connectivity index (χ4v) is 3.21. The van der Waals surface area contributed by atoms with Gasteiger partial charge in [0.1, 0.15) is 0 Å². The molecule has 0 radical (unpaired) electrons. The quantitative estimate of drug-likeness (QED) is 0.691. The van der Waals surface area contributed by atoms with Gasteiger partial charge in [-0.05, 0) is 24.9 Å². The number of hydrogen-bond donors (Lipinski definition) is 1.